The fraction of sp³-hybridized carbons (Fsp3) is 0.500. The second kappa shape index (κ2) is 4.80. The highest BCUT2D eigenvalue weighted by atomic mass is 32.1. The van der Waals surface area contributed by atoms with Crippen molar-refractivity contribution in [1.82, 2.24) is 5.32 Å². The van der Waals surface area contributed by atoms with Gasteiger partial charge in [-0.15, -0.1) is 11.3 Å². The van der Waals surface area contributed by atoms with Crippen molar-refractivity contribution < 1.29 is 4.74 Å². The molecular formula is C16H19NOS. The van der Waals surface area contributed by atoms with Gasteiger partial charge in [-0.2, -0.15) is 0 Å². The molecule has 1 aromatic carbocycles. The average molecular weight is 273 g/mol. The Hall–Kier alpha value is -1.06. The molecule has 2 aromatic rings. The quantitative estimate of drug-likeness (QED) is 0.894. The van der Waals surface area contributed by atoms with Gasteiger partial charge in [0.2, 0.25) is 0 Å². The van der Waals surface area contributed by atoms with Crippen LogP contribution in [0.4, 0.5) is 0 Å². The molecule has 2 fully saturated rings. The molecular weight excluding hydrogens is 254 g/mol. The fourth-order valence-electron chi connectivity index (χ4n) is 3.56. The van der Waals surface area contributed by atoms with Crippen molar-refractivity contribution >= 4 is 21.4 Å². The van der Waals surface area contributed by atoms with Gasteiger partial charge in [0.05, 0.1) is 0 Å². The van der Waals surface area contributed by atoms with Gasteiger partial charge in [-0.05, 0) is 49.3 Å². The summed E-state index contributed by atoms with van der Waals surface area (Å²) >= 11 is 1.79. The molecule has 4 rings (SSSR count). The van der Waals surface area contributed by atoms with Crippen LogP contribution < -0.4 is 10.1 Å². The third-order valence-corrected chi connectivity index (χ3v) is 5.30. The van der Waals surface area contributed by atoms with E-state index >= 15 is 0 Å². The van der Waals surface area contributed by atoms with Crippen LogP contribution in [0.15, 0.2) is 29.6 Å². The highest BCUT2D eigenvalue weighted by Gasteiger charge is 2.32. The van der Waals surface area contributed by atoms with Gasteiger partial charge in [0.25, 0.3) is 0 Å². The third kappa shape index (κ3) is 2.26. The molecule has 1 N–H and O–H groups in total. The molecule has 0 spiro atoms. The summed E-state index contributed by atoms with van der Waals surface area (Å²) in [5.41, 5.74) is 0. The SMILES string of the molecule is c1cc(OC2CC3CCCC(C2)N3)c2ccsc2c1. The second-order valence-electron chi connectivity index (χ2n) is 5.79. The van der Waals surface area contributed by atoms with Crippen LogP contribution in [-0.4, -0.2) is 18.2 Å². The van der Waals surface area contributed by atoms with Crippen molar-refractivity contribution in [3.05, 3.63) is 29.6 Å². The zero-order valence-electron chi connectivity index (χ0n) is 11.0. The molecule has 0 saturated carbocycles. The Kier molecular flexibility index (Phi) is 2.97. The van der Waals surface area contributed by atoms with Crippen LogP contribution in [0.1, 0.15) is 32.1 Å². The van der Waals surface area contributed by atoms with Crippen molar-refractivity contribution in [3.8, 4) is 5.75 Å². The average Bonchev–Trinajstić information content (AvgIpc) is 2.88. The Labute approximate surface area is 117 Å². The Morgan fingerprint density at radius 3 is 2.79 bits per heavy atom. The van der Waals surface area contributed by atoms with Gasteiger partial charge < -0.3 is 10.1 Å². The number of thiophene rings is 1. The predicted octanol–water partition coefficient (Wildman–Crippen LogP) is 3.95. The molecule has 2 aliphatic rings. The van der Waals surface area contributed by atoms with Gasteiger partial charge >= 0.3 is 0 Å². The van der Waals surface area contributed by atoms with E-state index in [1.807, 2.05) is 0 Å². The topological polar surface area (TPSA) is 21.3 Å². The number of ether oxygens (including phenoxy) is 1. The molecule has 2 atom stereocenters. The van der Waals surface area contributed by atoms with Crippen LogP contribution in [-0.2, 0) is 0 Å². The fourth-order valence-corrected chi connectivity index (χ4v) is 4.36. The minimum Gasteiger partial charge on any atom is -0.490 e. The first-order valence-corrected chi connectivity index (χ1v) is 8.15. The molecule has 0 radical (unpaired) electrons. The molecule has 2 aliphatic heterocycles. The predicted molar refractivity (Wildman–Crippen MR) is 80.0 cm³/mol. The van der Waals surface area contributed by atoms with Crippen LogP contribution in [0.5, 0.6) is 5.75 Å². The van der Waals surface area contributed by atoms with Crippen molar-refractivity contribution in [2.75, 3.05) is 0 Å². The molecule has 0 aliphatic carbocycles. The van der Waals surface area contributed by atoms with Crippen LogP contribution in [0.25, 0.3) is 10.1 Å². The van der Waals surface area contributed by atoms with Gasteiger partial charge in [-0.1, -0.05) is 12.5 Å². The highest BCUT2D eigenvalue weighted by Crippen LogP contribution is 2.33. The summed E-state index contributed by atoms with van der Waals surface area (Å²) in [6.45, 7) is 0. The molecule has 3 heteroatoms. The number of rotatable bonds is 2. The van der Waals surface area contributed by atoms with Crippen LogP contribution in [0.2, 0.25) is 0 Å². The number of hydrogen-bond donors (Lipinski definition) is 1. The molecule has 1 aromatic heterocycles. The zero-order chi connectivity index (χ0) is 12.7. The minimum absolute atomic E-state index is 0.391. The monoisotopic (exact) mass is 273 g/mol. The Balaban J connectivity index is 1.56. The van der Waals surface area contributed by atoms with E-state index in [2.05, 4.69) is 35.0 Å². The maximum atomic E-state index is 6.33. The molecule has 2 nitrogen and oxygen atoms in total. The number of piperidine rings is 2. The maximum absolute atomic E-state index is 6.33. The Morgan fingerprint density at radius 1 is 1.11 bits per heavy atom. The van der Waals surface area contributed by atoms with E-state index in [1.165, 1.54) is 29.3 Å². The lowest BCUT2D eigenvalue weighted by molar-refractivity contribution is 0.0940. The van der Waals surface area contributed by atoms with Crippen LogP contribution >= 0.6 is 11.3 Å². The summed E-state index contributed by atoms with van der Waals surface area (Å²) in [5, 5.41) is 7.14. The summed E-state index contributed by atoms with van der Waals surface area (Å²) in [6, 6.07) is 9.93. The number of benzene rings is 1. The normalized spacial score (nSPS) is 30.4. The molecule has 19 heavy (non-hydrogen) atoms. The van der Waals surface area contributed by atoms with E-state index in [-0.39, 0.29) is 0 Å². The lowest BCUT2D eigenvalue weighted by Gasteiger charge is -2.40. The standard InChI is InChI=1S/C16H19NOS/c1-3-11-9-13(10-12(4-1)17-11)18-15-5-2-6-16-14(15)7-8-19-16/h2,5-8,11-13,17H,1,3-4,9-10H2. The minimum atomic E-state index is 0.391. The first kappa shape index (κ1) is 11.7. The Bertz CT molecular complexity index is 567. The molecule has 2 saturated heterocycles. The van der Waals surface area contributed by atoms with Gasteiger partial charge in [0, 0.05) is 22.2 Å². The maximum Gasteiger partial charge on any atom is 0.128 e. The van der Waals surface area contributed by atoms with Crippen molar-refractivity contribution in [2.24, 2.45) is 0 Å². The van der Waals surface area contributed by atoms with E-state index in [9.17, 15) is 0 Å². The van der Waals surface area contributed by atoms with E-state index in [0.29, 0.717) is 18.2 Å². The lowest BCUT2D eigenvalue weighted by atomic mass is 9.85. The van der Waals surface area contributed by atoms with Crippen molar-refractivity contribution in [3.63, 3.8) is 0 Å². The lowest BCUT2D eigenvalue weighted by Crippen LogP contribution is -2.51. The number of nitrogens with one attached hydrogen (secondary N) is 1. The highest BCUT2D eigenvalue weighted by molar-refractivity contribution is 7.17. The van der Waals surface area contributed by atoms with Crippen molar-refractivity contribution in [1.29, 1.82) is 0 Å². The van der Waals surface area contributed by atoms with Gasteiger partial charge in [0.1, 0.15) is 11.9 Å². The summed E-state index contributed by atoms with van der Waals surface area (Å²) in [7, 11) is 0. The van der Waals surface area contributed by atoms with E-state index in [4.69, 9.17) is 4.74 Å². The first-order valence-electron chi connectivity index (χ1n) is 7.27. The van der Waals surface area contributed by atoms with Crippen molar-refractivity contribution in [2.45, 2.75) is 50.3 Å². The van der Waals surface area contributed by atoms with E-state index in [1.54, 1.807) is 11.3 Å². The Morgan fingerprint density at radius 2 is 1.95 bits per heavy atom. The van der Waals surface area contributed by atoms with Crippen LogP contribution in [0.3, 0.4) is 0 Å². The summed E-state index contributed by atoms with van der Waals surface area (Å²) in [4.78, 5) is 0. The van der Waals surface area contributed by atoms with Gasteiger partial charge in [-0.25, -0.2) is 0 Å². The first-order chi connectivity index (χ1) is 9.38. The molecule has 100 valence electrons. The molecule has 3 heterocycles. The number of fused-ring (bicyclic) bond motifs is 3. The molecule has 2 unspecified atom stereocenters. The second-order valence-corrected chi connectivity index (χ2v) is 6.74. The van der Waals surface area contributed by atoms with E-state index < -0.39 is 0 Å². The zero-order valence-corrected chi connectivity index (χ0v) is 11.8. The summed E-state index contributed by atoms with van der Waals surface area (Å²) in [6.07, 6.45) is 6.74. The van der Waals surface area contributed by atoms with Gasteiger partial charge in [0.15, 0.2) is 0 Å². The number of hydrogen-bond acceptors (Lipinski definition) is 3. The summed E-state index contributed by atoms with van der Waals surface area (Å²) < 4.78 is 7.66. The molecule has 2 bridgehead atoms. The third-order valence-electron chi connectivity index (χ3n) is 4.42. The summed E-state index contributed by atoms with van der Waals surface area (Å²) in [5.74, 6) is 1.07. The van der Waals surface area contributed by atoms with Gasteiger partial charge in [-0.3, -0.25) is 0 Å². The largest absolute Gasteiger partial charge is 0.490 e. The van der Waals surface area contributed by atoms with E-state index in [0.717, 1.165) is 18.6 Å². The molecule has 0 amide bonds. The van der Waals surface area contributed by atoms with Crippen LogP contribution in [0, 0.1) is 0 Å². The smallest absolute Gasteiger partial charge is 0.128 e.